The summed E-state index contributed by atoms with van der Waals surface area (Å²) in [7, 11) is 4.03. The second-order valence-corrected chi connectivity index (χ2v) is 4.86. The van der Waals surface area contributed by atoms with E-state index in [0.717, 1.165) is 22.7 Å². The minimum Gasteiger partial charge on any atom is -0.428 e. The Kier molecular flexibility index (Phi) is 3.28. The number of nitrogens with two attached hydrogens (primary N) is 1. The van der Waals surface area contributed by atoms with Gasteiger partial charge in [-0.25, -0.2) is 0 Å². The van der Waals surface area contributed by atoms with Crippen molar-refractivity contribution in [3.63, 3.8) is 0 Å². The summed E-state index contributed by atoms with van der Waals surface area (Å²) < 4.78 is 5.46. The Morgan fingerprint density at radius 3 is 2.28 bits per heavy atom. The van der Waals surface area contributed by atoms with Gasteiger partial charge in [-0.15, -0.1) is 0 Å². The van der Waals surface area contributed by atoms with Crippen molar-refractivity contribution in [2.75, 3.05) is 24.7 Å². The molecule has 0 saturated heterocycles. The van der Waals surface area contributed by atoms with Crippen LogP contribution in [0, 0.1) is 0 Å². The van der Waals surface area contributed by atoms with Crippen molar-refractivity contribution in [3.8, 4) is 11.3 Å². The SMILES string of the molecule is CC(C)c1oc(N)nc1-c1ccc(N(C)C)cc1. The average molecular weight is 245 g/mol. The molecule has 0 radical (unpaired) electrons. The molecule has 2 aromatic rings. The largest absolute Gasteiger partial charge is 0.428 e. The van der Waals surface area contributed by atoms with Crippen molar-refractivity contribution in [1.29, 1.82) is 0 Å². The lowest BCUT2D eigenvalue weighted by atomic mass is 10.0. The molecule has 0 aliphatic rings. The van der Waals surface area contributed by atoms with E-state index in [0.29, 0.717) is 0 Å². The summed E-state index contributed by atoms with van der Waals surface area (Å²) in [6, 6.07) is 8.43. The molecule has 0 spiro atoms. The monoisotopic (exact) mass is 245 g/mol. The smallest absolute Gasteiger partial charge is 0.292 e. The highest BCUT2D eigenvalue weighted by Crippen LogP contribution is 2.31. The summed E-state index contributed by atoms with van der Waals surface area (Å²) in [6.45, 7) is 4.13. The lowest BCUT2D eigenvalue weighted by Crippen LogP contribution is -2.07. The molecule has 1 aromatic carbocycles. The second-order valence-electron chi connectivity index (χ2n) is 4.86. The molecule has 0 bridgehead atoms. The van der Waals surface area contributed by atoms with Gasteiger partial charge in [0.2, 0.25) is 0 Å². The van der Waals surface area contributed by atoms with Gasteiger partial charge in [0.15, 0.2) is 0 Å². The Hall–Kier alpha value is -1.97. The first-order valence-electron chi connectivity index (χ1n) is 6.03. The lowest BCUT2D eigenvalue weighted by molar-refractivity contribution is 0.500. The third kappa shape index (κ3) is 2.32. The Balaban J connectivity index is 2.42. The zero-order valence-electron chi connectivity index (χ0n) is 11.3. The van der Waals surface area contributed by atoms with Crippen LogP contribution in [-0.4, -0.2) is 19.1 Å². The highest BCUT2D eigenvalue weighted by molar-refractivity contribution is 5.66. The number of aromatic nitrogens is 1. The average Bonchev–Trinajstić information content (AvgIpc) is 2.71. The summed E-state index contributed by atoms with van der Waals surface area (Å²) in [5, 5.41) is 0. The molecule has 4 nitrogen and oxygen atoms in total. The summed E-state index contributed by atoms with van der Waals surface area (Å²) in [4.78, 5) is 6.33. The van der Waals surface area contributed by atoms with Gasteiger partial charge in [-0.2, -0.15) is 4.98 Å². The molecule has 18 heavy (non-hydrogen) atoms. The highest BCUT2D eigenvalue weighted by atomic mass is 16.4. The van der Waals surface area contributed by atoms with Crippen LogP contribution in [0.1, 0.15) is 25.5 Å². The zero-order valence-corrected chi connectivity index (χ0v) is 11.3. The lowest BCUT2D eigenvalue weighted by Gasteiger charge is -2.12. The topological polar surface area (TPSA) is 55.3 Å². The fourth-order valence-electron chi connectivity index (χ4n) is 1.86. The molecule has 2 N–H and O–H groups in total. The van der Waals surface area contributed by atoms with Crippen LogP contribution in [0.5, 0.6) is 0 Å². The second kappa shape index (κ2) is 4.72. The number of anilines is 2. The normalized spacial score (nSPS) is 10.9. The van der Waals surface area contributed by atoms with E-state index < -0.39 is 0 Å². The molecule has 0 aliphatic heterocycles. The van der Waals surface area contributed by atoms with Gasteiger partial charge in [-0.05, 0) is 12.1 Å². The van der Waals surface area contributed by atoms with Crippen LogP contribution < -0.4 is 10.6 Å². The van der Waals surface area contributed by atoms with E-state index in [1.807, 2.05) is 26.2 Å². The molecule has 0 amide bonds. The Labute approximate surface area is 107 Å². The van der Waals surface area contributed by atoms with Crippen molar-refractivity contribution in [2.24, 2.45) is 0 Å². The number of hydrogen-bond acceptors (Lipinski definition) is 4. The predicted octanol–water partition coefficient (Wildman–Crippen LogP) is 3.11. The molecular formula is C14H19N3O. The number of benzene rings is 1. The van der Waals surface area contributed by atoms with Crippen LogP contribution in [0.15, 0.2) is 28.7 Å². The van der Waals surface area contributed by atoms with Gasteiger partial charge in [0.25, 0.3) is 6.01 Å². The van der Waals surface area contributed by atoms with E-state index in [4.69, 9.17) is 10.2 Å². The number of rotatable bonds is 3. The number of hydrogen-bond donors (Lipinski definition) is 1. The first kappa shape index (κ1) is 12.5. The maximum Gasteiger partial charge on any atom is 0.292 e. The van der Waals surface area contributed by atoms with Crippen LogP contribution in [0.2, 0.25) is 0 Å². The van der Waals surface area contributed by atoms with E-state index in [-0.39, 0.29) is 11.9 Å². The first-order chi connectivity index (χ1) is 8.49. The fourth-order valence-corrected chi connectivity index (χ4v) is 1.86. The highest BCUT2D eigenvalue weighted by Gasteiger charge is 2.16. The zero-order chi connectivity index (χ0) is 13.3. The molecule has 96 valence electrons. The number of nitrogen functional groups attached to an aromatic ring is 1. The molecule has 0 unspecified atom stereocenters. The molecule has 2 rings (SSSR count). The van der Waals surface area contributed by atoms with Gasteiger partial charge in [-0.3, -0.25) is 0 Å². The van der Waals surface area contributed by atoms with Crippen molar-refractivity contribution in [1.82, 2.24) is 4.98 Å². The van der Waals surface area contributed by atoms with E-state index in [1.165, 1.54) is 0 Å². The third-order valence-corrected chi connectivity index (χ3v) is 2.85. The van der Waals surface area contributed by atoms with Gasteiger partial charge in [0.05, 0.1) is 0 Å². The molecular weight excluding hydrogens is 226 g/mol. The maximum atomic E-state index is 5.65. The molecule has 0 fully saturated rings. The van der Waals surface area contributed by atoms with Crippen LogP contribution in [0.25, 0.3) is 11.3 Å². The Morgan fingerprint density at radius 1 is 1.17 bits per heavy atom. The predicted molar refractivity (Wildman–Crippen MR) is 74.8 cm³/mol. The molecule has 1 aromatic heterocycles. The first-order valence-corrected chi connectivity index (χ1v) is 6.03. The molecule has 4 heteroatoms. The molecule has 0 saturated carbocycles. The minimum absolute atomic E-state index is 0.227. The van der Waals surface area contributed by atoms with Crippen molar-refractivity contribution in [2.45, 2.75) is 19.8 Å². The summed E-state index contributed by atoms with van der Waals surface area (Å²) in [5.74, 6) is 1.10. The van der Waals surface area contributed by atoms with E-state index in [9.17, 15) is 0 Å². The van der Waals surface area contributed by atoms with Crippen molar-refractivity contribution < 1.29 is 4.42 Å². The van der Waals surface area contributed by atoms with Crippen LogP contribution in [0.3, 0.4) is 0 Å². The fraction of sp³-hybridized carbons (Fsp3) is 0.357. The molecule has 1 heterocycles. The maximum absolute atomic E-state index is 5.65. The van der Waals surface area contributed by atoms with Gasteiger partial charge >= 0.3 is 0 Å². The van der Waals surface area contributed by atoms with Gasteiger partial charge in [-0.1, -0.05) is 26.0 Å². The van der Waals surface area contributed by atoms with E-state index in [1.54, 1.807) is 0 Å². The van der Waals surface area contributed by atoms with Crippen LogP contribution >= 0.6 is 0 Å². The van der Waals surface area contributed by atoms with E-state index >= 15 is 0 Å². The number of nitrogens with zero attached hydrogens (tertiary/aromatic N) is 2. The van der Waals surface area contributed by atoms with Crippen LogP contribution in [-0.2, 0) is 0 Å². The minimum atomic E-state index is 0.227. The van der Waals surface area contributed by atoms with Crippen molar-refractivity contribution >= 4 is 11.7 Å². The Morgan fingerprint density at radius 2 is 1.78 bits per heavy atom. The number of oxazole rings is 1. The molecule has 0 aliphatic carbocycles. The van der Waals surface area contributed by atoms with E-state index in [2.05, 4.69) is 35.9 Å². The van der Waals surface area contributed by atoms with Gasteiger partial charge in [0, 0.05) is 31.3 Å². The quantitative estimate of drug-likeness (QED) is 0.902. The summed E-state index contributed by atoms with van der Waals surface area (Å²) in [6.07, 6.45) is 0. The standard InChI is InChI=1S/C14H19N3O/c1-9(2)13-12(16-14(15)18-13)10-5-7-11(8-6-10)17(3)4/h5-9H,1-4H3,(H2,15,16). The van der Waals surface area contributed by atoms with Gasteiger partial charge in [0.1, 0.15) is 11.5 Å². The molecule has 0 atom stereocenters. The van der Waals surface area contributed by atoms with Gasteiger partial charge < -0.3 is 15.1 Å². The summed E-state index contributed by atoms with van der Waals surface area (Å²) >= 11 is 0. The third-order valence-electron chi connectivity index (χ3n) is 2.85. The summed E-state index contributed by atoms with van der Waals surface area (Å²) in [5.41, 5.74) is 8.67. The van der Waals surface area contributed by atoms with Crippen molar-refractivity contribution in [3.05, 3.63) is 30.0 Å². The Bertz CT molecular complexity index is 526. The van der Waals surface area contributed by atoms with Crippen LogP contribution in [0.4, 0.5) is 11.7 Å².